The molecule has 24 heavy (non-hydrogen) atoms. The summed E-state index contributed by atoms with van der Waals surface area (Å²) in [7, 11) is 0. The number of nitrogens with zero attached hydrogens (tertiary/aromatic N) is 5. The van der Waals surface area contributed by atoms with Crippen LogP contribution in [0.2, 0.25) is 0 Å². The average Bonchev–Trinajstić information content (AvgIpc) is 3.28. The summed E-state index contributed by atoms with van der Waals surface area (Å²) in [5, 5.41) is 18.8. The van der Waals surface area contributed by atoms with E-state index in [0.717, 1.165) is 31.6 Å². The van der Waals surface area contributed by atoms with Gasteiger partial charge >= 0.3 is 0 Å². The van der Waals surface area contributed by atoms with E-state index >= 15 is 0 Å². The number of rotatable bonds is 4. The number of nitrogens with one attached hydrogen (secondary N) is 2. The summed E-state index contributed by atoms with van der Waals surface area (Å²) < 4.78 is 3.74. The topological polar surface area (TPSA) is 89.1 Å². The van der Waals surface area contributed by atoms with Crippen molar-refractivity contribution in [2.45, 2.75) is 25.4 Å². The molecule has 4 heterocycles. The van der Waals surface area contributed by atoms with E-state index in [1.165, 1.54) is 0 Å². The quantitative estimate of drug-likeness (QED) is 0.740. The van der Waals surface area contributed by atoms with Crippen LogP contribution in [0.15, 0.2) is 36.7 Å². The summed E-state index contributed by atoms with van der Waals surface area (Å²) >= 11 is 0. The Labute approximate surface area is 138 Å². The van der Waals surface area contributed by atoms with E-state index in [9.17, 15) is 4.79 Å². The first-order valence-corrected chi connectivity index (χ1v) is 8.14. The second kappa shape index (κ2) is 6.40. The number of fused-ring (bicyclic) bond motifs is 1. The van der Waals surface area contributed by atoms with Gasteiger partial charge < -0.3 is 10.6 Å². The molecule has 1 atom stereocenters. The monoisotopic (exact) mass is 325 g/mol. The van der Waals surface area contributed by atoms with Crippen molar-refractivity contribution in [3.63, 3.8) is 0 Å². The molecule has 0 saturated carbocycles. The molecule has 0 bridgehead atoms. The SMILES string of the molecule is O=C(NCc1nnc2ccccn12)c1ccn(C2CCCNC2)n1. The fourth-order valence-corrected chi connectivity index (χ4v) is 2.98. The van der Waals surface area contributed by atoms with Crippen LogP contribution in [-0.2, 0) is 6.54 Å². The van der Waals surface area contributed by atoms with Crippen molar-refractivity contribution in [2.75, 3.05) is 13.1 Å². The average molecular weight is 325 g/mol. The Bertz CT molecular complexity index is 847. The third-order valence-electron chi connectivity index (χ3n) is 4.28. The molecule has 0 aromatic carbocycles. The number of amides is 1. The predicted octanol–water partition coefficient (Wildman–Crippen LogP) is 0.780. The van der Waals surface area contributed by atoms with Crippen molar-refractivity contribution in [3.8, 4) is 0 Å². The molecule has 3 aromatic rings. The van der Waals surface area contributed by atoms with Gasteiger partial charge in [0.25, 0.3) is 5.91 Å². The van der Waals surface area contributed by atoms with Crippen LogP contribution in [0.4, 0.5) is 0 Å². The zero-order chi connectivity index (χ0) is 16.4. The summed E-state index contributed by atoms with van der Waals surface area (Å²) in [6.07, 6.45) is 5.97. The fraction of sp³-hybridized carbons (Fsp3) is 0.375. The third-order valence-corrected chi connectivity index (χ3v) is 4.28. The Morgan fingerprint density at radius 1 is 1.29 bits per heavy atom. The highest BCUT2D eigenvalue weighted by molar-refractivity contribution is 5.92. The maximum absolute atomic E-state index is 12.3. The zero-order valence-corrected chi connectivity index (χ0v) is 13.2. The summed E-state index contributed by atoms with van der Waals surface area (Å²) in [5.74, 6) is 0.486. The summed E-state index contributed by atoms with van der Waals surface area (Å²) in [5.41, 5.74) is 1.19. The van der Waals surface area contributed by atoms with Crippen molar-refractivity contribution < 1.29 is 4.79 Å². The molecule has 0 spiro atoms. The molecule has 1 aliphatic heterocycles. The van der Waals surface area contributed by atoms with E-state index in [1.54, 1.807) is 6.07 Å². The highest BCUT2D eigenvalue weighted by atomic mass is 16.1. The van der Waals surface area contributed by atoms with Gasteiger partial charge in [-0.05, 0) is 37.6 Å². The van der Waals surface area contributed by atoms with Gasteiger partial charge in [0.2, 0.25) is 0 Å². The number of piperidine rings is 1. The van der Waals surface area contributed by atoms with Crippen LogP contribution in [0.25, 0.3) is 5.65 Å². The Kier molecular flexibility index (Phi) is 3.96. The molecule has 8 nitrogen and oxygen atoms in total. The van der Waals surface area contributed by atoms with Gasteiger partial charge in [0.15, 0.2) is 11.5 Å². The summed E-state index contributed by atoms with van der Waals surface area (Å²) in [6.45, 7) is 2.26. The van der Waals surface area contributed by atoms with Crippen LogP contribution < -0.4 is 10.6 Å². The molecule has 124 valence electrons. The molecule has 1 aliphatic rings. The Morgan fingerprint density at radius 2 is 2.25 bits per heavy atom. The van der Waals surface area contributed by atoms with Crippen LogP contribution in [0.1, 0.15) is 35.2 Å². The first-order valence-electron chi connectivity index (χ1n) is 8.14. The molecule has 4 rings (SSSR count). The minimum Gasteiger partial charge on any atom is -0.343 e. The number of hydrogen-bond donors (Lipinski definition) is 2. The highest BCUT2D eigenvalue weighted by Crippen LogP contribution is 2.15. The Balaban J connectivity index is 1.42. The lowest BCUT2D eigenvalue weighted by atomic mass is 10.1. The van der Waals surface area contributed by atoms with Gasteiger partial charge in [-0.1, -0.05) is 6.07 Å². The van der Waals surface area contributed by atoms with Crippen LogP contribution in [-0.4, -0.2) is 43.4 Å². The molecular weight excluding hydrogens is 306 g/mol. The van der Waals surface area contributed by atoms with Crippen molar-refractivity contribution >= 4 is 11.6 Å². The number of carbonyl (C=O) groups excluding carboxylic acids is 1. The summed E-state index contributed by atoms with van der Waals surface area (Å²) in [4.78, 5) is 12.3. The van der Waals surface area contributed by atoms with E-state index in [0.29, 0.717) is 24.1 Å². The maximum Gasteiger partial charge on any atom is 0.272 e. The van der Waals surface area contributed by atoms with Crippen molar-refractivity contribution in [1.29, 1.82) is 0 Å². The van der Waals surface area contributed by atoms with Crippen molar-refractivity contribution in [3.05, 3.63) is 48.2 Å². The standard InChI is InChI=1S/C16H19N7O/c24-16(13-6-9-23(21-13)12-4-3-7-17-10-12)18-11-15-20-19-14-5-1-2-8-22(14)15/h1-2,5-6,8-9,12,17H,3-4,7,10-11H2,(H,18,24). The number of carbonyl (C=O) groups is 1. The van der Waals surface area contributed by atoms with Crippen molar-refractivity contribution in [2.24, 2.45) is 0 Å². The zero-order valence-electron chi connectivity index (χ0n) is 13.2. The van der Waals surface area contributed by atoms with Gasteiger partial charge in [-0.15, -0.1) is 10.2 Å². The molecule has 1 saturated heterocycles. The second-order valence-corrected chi connectivity index (χ2v) is 5.91. The van der Waals surface area contributed by atoms with E-state index in [-0.39, 0.29) is 5.91 Å². The third kappa shape index (κ3) is 2.88. The molecule has 0 radical (unpaired) electrons. The van der Waals surface area contributed by atoms with Gasteiger partial charge in [0, 0.05) is 18.9 Å². The minimum atomic E-state index is -0.204. The minimum absolute atomic E-state index is 0.204. The molecule has 1 unspecified atom stereocenters. The Hall–Kier alpha value is -2.74. The lowest BCUT2D eigenvalue weighted by Gasteiger charge is -2.22. The second-order valence-electron chi connectivity index (χ2n) is 5.91. The largest absolute Gasteiger partial charge is 0.343 e. The molecule has 0 aliphatic carbocycles. The van der Waals surface area contributed by atoms with Crippen LogP contribution in [0, 0.1) is 0 Å². The molecule has 8 heteroatoms. The van der Waals surface area contributed by atoms with Gasteiger partial charge in [0.05, 0.1) is 12.6 Å². The molecule has 3 aromatic heterocycles. The lowest BCUT2D eigenvalue weighted by molar-refractivity contribution is 0.0943. The molecule has 1 amide bonds. The van der Waals surface area contributed by atoms with Crippen LogP contribution >= 0.6 is 0 Å². The van der Waals surface area contributed by atoms with E-state index in [2.05, 4.69) is 25.9 Å². The van der Waals surface area contributed by atoms with Crippen molar-refractivity contribution in [1.82, 2.24) is 35.0 Å². The number of hydrogen-bond acceptors (Lipinski definition) is 5. The highest BCUT2D eigenvalue weighted by Gasteiger charge is 2.18. The molecular formula is C16H19N7O. The molecule has 1 fully saturated rings. The van der Waals surface area contributed by atoms with E-state index in [1.807, 2.05) is 39.7 Å². The smallest absolute Gasteiger partial charge is 0.272 e. The van der Waals surface area contributed by atoms with E-state index < -0.39 is 0 Å². The number of pyridine rings is 1. The first-order chi connectivity index (χ1) is 11.8. The normalized spacial score (nSPS) is 17.9. The van der Waals surface area contributed by atoms with Gasteiger partial charge in [-0.2, -0.15) is 5.10 Å². The van der Waals surface area contributed by atoms with Crippen LogP contribution in [0.5, 0.6) is 0 Å². The van der Waals surface area contributed by atoms with Gasteiger partial charge in [0.1, 0.15) is 5.69 Å². The van der Waals surface area contributed by atoms with Gasteiger partial charge in [-0.25, -0.2) is 0 Å². The maximum atomic E-state index is 12.3. The molecule has 2 N–H and O–H groups in total. The lowest BCUT2D eigenvalue weighted by Crippen LogP contribution is -2.32. The van der Waals surface area contributed by atoms with Crippen LogP contribution in [0.3, 0.4) is 0 Å². The van der Waals surface area contributed by atoms with E-state index in [4.69, 9.17) is 0 Å². The first kappa shape index (κ1) is 14.8. The fourth-order valence-electron chi connectivity index (χ4n) is 2.98. The Morgan fingerprint density at radius 3 is 3.12 bits per heavy atom. The summed E-state index contributed by atoms with van der Waals surface area (Å²) in [6, 6.07) is 7.76. The van der Waals surface area contributed by atoms with Gasteiger partial charge in [-0.3, -0.25) is 13.9 Å². The number of aromatic nitrogens is 5. The predicted molar refractivity (Wildman–Crippen MR) is 87.5 cm³/mol.